The van der Waals surface area contributed by atoms with Gasteiger partial charge in [0.2, 0.25) is 0 Å². The normalized spacial score (nSPS) is 11.9. The van der Waals surface area contributed by atoms with E-state index in [1.165, 1.54) is 5.56 Å². The second-order valence-electron chi connectivity index (χ2n) is 8.12. The van der Waals surface area contributed by atoms with Gasteiger partial charge in [0.05, 0.1) is 0 Å². The molecule has 1 aromatic heterocycles. The monoisotopic (exact) mass is 449 g/mol. The summed E-state index contributed by atoms with van der Waals surface area (Å²) < 4.78 is 0. The lowest BCUT2D eigenvalue weighted by Gasteiger charge is -2.21. The number of rotatable bonds is 5. The van der Waals surface area contributed by atoms with Crippen molar-refractivity contribution >= 4 is 33.9 Å². The van der Waals surface area contributed by atoms with Gasteiger partial charge in [0.25, 0.3) is 0 Å². The summed E-state index contributed by atoms with van der Waals surface area (Å²) in [5.74, 6) is 0.762. The molecule has 0 radical (unpaired) electrons. The Bertz CT molecular complexity index is 1420. The van der Waals surface area contributed by atoms with Crippen LogP contribution in [0.2, 0.25) is 5.15 Å². The molecule has 1 atom stereocenters. The number of hydrogen-bond acceptors (Lipinski definition) is 3. The van der Waals surface area contributed by atoms with Gasteiger partial charge < -0.3 is 11.1 Å². The summed E-state index contributed by atoms with van der Waals surface area (Å²) in [4.78, 5) is 4.87. The van der Waals surface area contributed by atoms with Gasteiger partial charge in [0.15, 0.2) is 0 Å². The summed E-state index contributed by atoms with van der Waals surface area (Å²) in [7, 11) is 0. The fraction of sp³-hybridized carbons (Fsp3) is 0.0690. The molecule has 3 nitrogen and oxygen atoms in total. The Kier molecular flexibility index (Phi) is 5.72. The zero-order valence-corrected chi connectivity index (χ0v) is 19.1. The van der Waals surface area contributed by atoms with E-state index in [9.17, 15) is 0 Å². The van der Waals surface area contributed by atoms with Crippen LogP contribution in [0.3, 0.4) is 0 Å². The maximum absolute atomic E-state index is 6.83. The first kappa shape index (κ1) is 21.0. The lowest BCUT2D eigenvalue weighted by Crippen LogP contribution is -2.09. The van der Waals surface area contributed by atoms with Gasteiger partial charge >= 0.3 is 0 Å². The summed E-state index contributed by atoms with van der Waals surface area (Å²) in [6, 6.07) is 34.8. The minimum atomic E-state index is 0.0556. The minimum Gasteiger partial charge on any atom is -0.399 e. The van der Waals surface area contributed by atoms with Gasteiger partial charge in [0.1, 0.15) is 11.0 Å². The number of nitrogens with two attached hydrogens (primary N) is 1. The molecule has 1 heterocycles. The first-order valence-corrected chi connectivity index (χ1v) is 11.3. The molecule has 162 valence electrons. The fourth-order valence-corrected chi connectivity index (χ4v) is 4.59. The maximum Gasteiger partial charge on any atom is 0.139 e. The van der Waals surface area contributed by atoms with E-state index in [0.717, 1.165) is 38.8 Å². The molecule has 0 aliphatic heterocycles. The van der Waals surface area contributed by atoms with Gasteiger partial charge in [-0.05, 0) is 46.7 Å². The number of aromatic nitrogens is 1. The van der Waals surface area contributed by atoms with Crippen LogP contribution in [0.25, 0.3) is 33.0 Å². The third kappa shape index (κ3) is 4.15. The number of benzene rings is 4. The predicted molar refractivity (Wildman–Crippen MR) is 141 cm³/mol. The van der Waals surface area contributed by atoms with Crippen molar-refractivity contribution in [2.75, 3.05) is 11.1 Å². The highest BCUT2D eigenvalue weighted by Gasteiger charge is 2.19. The number of nitrogens with one attached hydrogen (secondary N) is 1. The van der Waals surface area contributed by atoms with E-state index in [1.807, 2.05) is 48.5 Å². The first-order valence-electron chi connectivity index (χ1n) is 11.0. The van der Waals surface area contributed by atoms with E-state index in [4.69, 9.17) is 22.3 Å². The highest BCUT2D eigenvalue weighted by Crippen LogP contribution is 2.42. The predicted octanol–water partition coefficient (Wildman–Crippen LogP) is 7.98. The summed E-state index contributed by atoms with van der Waals surface area (Å²) in [5.41, 5.74) is 12.0. The quantitative estimate of drug-likeness (QED) is 0.211. The number of hydrogen-bond donors (Lipinski definition) is 2. The Morgan fingerprint density at radius 2 is 1.45 bits per heavy atom. The SMILES string of the molecule is CC(Nc1nc(Cl)c(-c2cccc(N)c2)c2cccc(-c3ccccc3)c12)c1ccccc1. The number of fused-ring (bicyclic) bond motifs is 1. The summed E-state index contributed by atoms with van der Waals surface area (Å²) in [6.45, 7) is 2.13. The van der Waals surface area contributed by atoms with E-state index < -0.39 is 0 Å². The van der Waals surface area contributed by atoms with Crippen LogP contribution >= 0.6 is 11.6 Å². The molecule has 0 aliphatic carbocycles. The average Bonchev–Trinajstić information content (AvgIpc) is 2.84. The second kappa shape index (κ2) is 8.97. The zero-order valence-electron chi connectivity index (χ0n) is 18.3. The molecule has 0 saturated carbocycles. The highest BCUT2D eigenvalue weighted by atomic mass is 35.5. The minimum absolute atomic E-state index is 0.0556. The average molecular weight is 450 g/mol. The first-order chi connectivity index (χ1) is 16.1. The zero-order chi connectivity index (χ0) is 22.8. The number of nitrogens with zero attached hydrogens (tertiary/aromatic N) is 1. The second-order valence-corrected chi connectivity index (χ2v) is 8.48. The summed E-state index contributed by atoms with van der Waals surface area (Å²) in [6.07, 6.45) is 0. The van der Waals surface area contributed by atoms with Crippen molar-refractivity contribution in [1.29, 1.82) is 0 Å². The van der Waals surface area contributed by atoms with E-state index in [-0.39, 0.29) is 6.04 Å². The fourth-order valence-electron chi connectivity index (χ4n) is 4.30. The van der Waals surface area contributed by atoms with Crippen molar-refractivity contribution in [3.05, 3.63) is 114 Å². The highest BCUT2D eigenvalue weighted by molar-refractivity contribution is 6.34. The molecule has 0 bridgehead atoms. The third-order valence-electron chi connectivity index (χ3n) is 5.90. The van der Waals surface area contributed by atoms with Gasteiger partial charge in [-0.2, -0.15) is 0 Å². The van der Waals surface area contributed by atoms with Crippen molar-refractivity contribution in [2.45, 2.75) is 13.0 Å². The number of nitrogen functional groups attached to an aromatic ring is 1. The number of halogens is 1. The summed E-state index contributed by atoms with van der Waals surface area (Å²) >= 11 is 6.83. The molecule has 0 saturated heterocycles. The molecule has 4 aromatic carbocycles. The van der Waals surface area contributed by atoms with Crippen molar-refractivity contribution in [3.63, 3.8) is 0 Å². The molecule has 5 rings (SSSR count). The lowest BCUT2D eigenvalue weighted by molar-refractivity contribution is 0.878. The van der Waals surface area contributed by atoms with Crippen LogP contribution in [-0.4, -0.2) is 4.98 Å². The molecular weight excluding hydrogens is 426 g/mol. The smallest absolute Gasteiger partial charge is 0.139 e. The van der Waals surface area contributed by atoms with Crippen LogP contribution < -0.4 is 11.1 Å². The van der Waals surface area contributed by atoms with E-state index in [1.54, 1.807) is 0 Å². The largest absolute Gasteiger partial charge is 0.399 e. The molecule has 0 amide bonds. The number of pyridine rings is 1. The van der Waals surface area contributed by atoms with Crippen LogP contribution in [0.4, 0.5) is 11.5 Å². The van der Waals surface area contributed by atoms with Crippen molar-refractivity contribution < 1.29 is 0 Å². The standard InChI is InChI=1S/C29H24ClN3/c1-19(20-10-4-2-5-11-20)32-29-27-24(21-12-6-3-7-13-21)16-9-17-25(27)26(28(30)33-29)22-14-8-15-23(31)18-22/h2-19H,31H2,1H3,(H,32,33). The molecule has 0 fully saturated rings. The van der Waals surface area contributed by atoms with E-state index in [0.29, 0.717) is 10.8 Å². The van der Waals surface area contributed by atoms with Gasteiger partial charge in [-0.15, -0.1) is 0 Å². The van der Waals surface area contributed by atoms with Crippen LogP contribution in [0.5, 0.6) is 0 Å². The number of anilines is 2. The van der Waals surface area contributed by atoms with Gasteiger partial charge in [-0.25, -0.2) is 4.98 Å². The van der Waals surface area contributed by atoms with Crippen LogP contribution in [0.15, 0.2) is 103 Å². The van der Waals surface area contributed by atoms with E-state index in [2.05, 4.69) is 66.8 Å². The Labute approximate surface area is 198 Å². The molecular formula is C29H24ClN3. The lowest BCUT2D eigenvalue weighted by atomic mass is 9.93. The van der Waals surface area contributed by atoms with Crippen LogP contribution in [0, 0.1) is 0 Å². The summed E-state index contributed by atoms with van der Waals surface area (Å²) in [5, 5.41) is 6.14. The Morgan fingerprint density at radius 1 is 0.788 bits per heavy atom. The molecule has 3 N–H and O–H groups in total. The third-order valence-corrected chi connectivity index (χ3v) is 6.17. The molecule has 5 aromatic rings. The van der Waals surface area contributed by atoms with Crippen molar-refractivity contribution in [2.24, 2.45) is 0 Å². The molecule has 4 heteroatoms. The molecule has 0 aliphatic rings. The van der Waals surface area contributed by atoms with Crippen LogP contribution in [0.1, 0.15) is 18.5 Å². The van der Waals surface area contributed by atoms with Crippen LogP contribution in [-0.2, 0) is 0 Å². The van der Waals surface area contributed by atoms with Crippen molar-refractivity contribution in [1.82, 2.24) is 4.98 Å². The maximum atomic E-state index is 6.83. The van der Waals surface area contributed by atoms with Gasteiger partial charge in [-0.3, -0.25) is 0 Å². The molecule has 1 unspecified atom stereocenters. The van der Waals surface area contributed by atoms with Crippen molar-refractivity contribution in [3.8, 4) is 22.3 Å². The molecule has 33 heavy (non-hydrogen) atoms. The Hall–Kier alpha value is -3.82. The Morgan fingerprint density at radius 3 is 2.18 bits per heavy atom. The van der Waals surface area contributed by atoms with Gasteiger partial charge in [0, 0.05) is 22.7 Å². The van der Waals surface area contributed by atoms with Gasteiger partial charge in [-0.1, -0.05) is 103 Å². The molecule has 0 spiro atoms. The van der Waals surface area contributed by atoms with E-state index >= 15 is 0 Å². The topological polar surface area (TPSA) is 50.9 Å². The Balaban J connectivity index is 1.77.